The molecule has 98 valence electrons. The number of nitrogens with one attached hydrogen (secondary N) is 1. The summed E-state index contributed by atoms with van der Waals surface area (Å²) in [6.07, 6.45) is 8.31. The average Bonchev–Trinajstić information content (AvgIpc) is 2.93. The molecule has 1 aliphatic rings. The lowest BCUT2D eigenvalue weighted by Crippen LogP contribution is -2.11. The Morgan fingerprint density at radius 2 is 2.22 bits per heavy atom. The van der Waals surface area contributed by atoms with E-state index in [1.807, 2.05) is 30.5 Å². The lowest BCUT2D eigenvalue weighted by Gasteiger charge is -2.13. The third-order valence-electron chi connectivity index (χ3n) is 2.96. The van der Waals surface area contributed by atoms with Crippen LogP contribution in [0.2, 0.25) is 0 Å². The van der Waals surface area contributed by atoms with Gasteiger partial charge in [0.1, 0.15) is 12.0 Å². The number of unbranched alkanes of at least 4 members (excludes halogenated alkanes) is 3. The first kappa shape index (κ1) is 12.8. The molecule has 0 radical (unpaired) electrons. The summed E-state index contributed by atoms with van der Waals surface area (Å²) in [6.45, 7) is 3.01. The van der Waals surface area contributed by atoms with Crippen molar-refractivity contribution in [2.24, 2.45) is 0 Å². The third kappa shape index (κ3) is 3.69. The van der Waals surface area contributed by atoms with E-state index in [9.17, 15) is 0 Å². The molecular formula is C15H21NO2. The maximum Gasteiger partial charge on any atom is 0.195 e. The van der Waals surface area contributed by atoms with Gasteiger partial charge in [0.25, 0.3) is 0 Å². The summed E-state index contributed by atoms with van der Waals surface area (Å²) in [7, 11) is 0. The molecule has 0 amide bonds. The van der Waals surface area contributed by atoms with E-state index in [0.29, 0.717) is 0 Å². The van der Waals surface area contributed by atoms with Crippen LogP contribution in [-0.2, 0) is 4.74 Å². The third-order valence-corrected chi connectivity index (χ3v) is 2.96. The van der Waals surface area contributed by atoms with E-state index >= 15 is 0 Å². The van der Waals surface area contributed by atoms with Crippen molar-refractivity contribution in [3.05, 3.63) is 42.3 Å². The molecule has 3 heteroatoms. The van der Waals surface area contributed by atoms with E-state index in [1.54, 1.807) is 6.26 Å². The first-order valence-corrected chi connectivity index (χ1v) is 6.69. The Balaban J connectivity index is 1.80. The van der Waals surface area contributed by atoms with Crippen molar-refractivity contribution in [2.75, 3.05) is 6.61 Å². The van der Waals surface area contributed by atoms with E-state index in [2.05, 4.69) is 12.2 Å². The molecule has 0 spiro atoms. The summed E-state index contributed by atoms with van der Waals surface area (Å²) in [4.78, 5) is 0. The highest BCUT2D eigenvalue weighted by atomic mass is 16.5. The number of hydrogen-bond acceptors (Lipinski definition) is 3. The van der Waals surface area contributed by atoms with Crippen LogP contribution >= 0.6 is 0 Å². The van der Waals surface area contributed by atoms with Gasteiger partial charge in [-0.2, -0.15) is 0 Å². The molecule has 1 N–H and O–H groups in total. The predicted octanol–water partition coefficient (Wildman–Crippen LogP) is 3.74. The van der Waals surface area contributed by atoms with Crippen molar-refractivity contribution in [1.82, 2.24) is 5.32 Å². The average molecular weight is 247 g/mol. The fourth-order valence-electron chi connectivity index (χ4n) is 1.94. The maximum atomic E-state index is 5.75. The molecule has 1 unspecified atom stereocenters. The minimum Gasteiger partial charge on any atom is -0.494 e. The summed E-state index contributed by atoms with van der Waals surface area (Å²) in [5, 5.41) is 3.13. The lowest BCUT2D eigenvalue weighted by molar-refractivity contribution is 0.154. The Kier molecular flexibility index (Phi) is 4.94. The molecule has 1 aromatic rings. The summed E-state index contributed by atoms with van der Waals surface area (Å²) in [5.74, 6) is 0.918. The SMILES string of the molecule is CCCCCCOc1cccc(C2NC=CO2)c1. The van der Waals surface area contributed by atoms with Gasteiger partial charge in [-0.25, -0.2) is 0 Å². The molecule has 3 nitrogen and oxygen atoms in total. The highest BCUT2D eigenvalue weighted by molar-refractivity contribution is 5.30. The van der Waals surface area contributed by atoms with Crippen molar-refractivity contribution >= 4 is 0 Å². The molecule has 1 heterocycles. The molecule has 0 saturated carbocycles. The number of ether oxygens (including phenoxy) is 2. The largest absolute Gasteiger partial charge is 0.494 e. The van der Waals surface area contributed by atoms with Crippen LogP contribution in [0.1, 0.15) is 44.4 Å². The molecule has 1 aromatic carbocycles. The quantitative estimate of drug-likeness (QED) is 0.745. The topological polar surface area (TPSA) is 30.5 Å². The van der Waals surface area contributed by atoms with Crippen LogP contribution in [-0.4, -0.2) is 6.61 Å². The molecular weight excluding hydrogens is 226 g/mol. The van der Waals surface area contributed by atoms with Gasteiger partial charge in [0.15, 0.2) is 6.23 Å². The summed E-state index contributed by atoms with van der Waals surface area (Å²) >= 11 is 0. The zero-order valence-electron chi connectivity index (χ0n) is 10.9. The van der Waals surface area contributed by atoms with Crippen molar-refractivity contribution < 1.29 is 9.47 Å². The smallest absolute Gasteiger partial charge is 0.195 e. The van der Waals surface area contributed by atoms with Crippen molar-refractivity contribution in [3.63, 3.8) is 0 Å². The number of benzene rings is 1. The van der Waals surface area contributed by atoms with Gasteiger partial charge in [0.05, 0.1) is 6.61 Å². The highest BCUT2D eigenvalue weighted by Gasteiger charge is 2.13. The Labute approximate surface area is 109 Å². The molecule has 0 saturated heterocycles. The molecule has 0 aromatic heterocycles. The summed E-state index contributed by atoms with van der Waals surface area (Å²) in [5.41, 5.74) is 1.09. The number of rotatable bonds is 7. The molecule has 1 atom stereocenters. The highest BCUT2D eigenvalue weighted by Crippen LogP contribution is 2.22. The molecule has 2 rings (SSSR count). The van der Waals surface area contributed by atoms with Crippen LogP contribution in [0, 0.1) is 0 Å². The van der Waals surface area contributed by atoms with Gasteiger partial charge >= 0.3 is 0 Å². The van der Waals surface area contributed by atoms with Gasteiger partial charge in [-0.3, -0.25) is 0 Å². The zero-order valence-corrected chi connectivity index (χ0v) is 10.9. The van der Waals surface area contributed by atoms with Crippen molar-refractivity contribution in [3.8, 4) is 5.75 Å². The van der Waals surface area contributed by atoms with Crippen molar-refractivity contribution in [1.29, 1.82) is 0 Å². The monoisotopic (exact) mass is 247 g/mol. The molecule has 0 aliphatic carbocycles. The summed E-state index contributed by atoms with van der Waals surface area (Å²) < 4.78 is 11.2. The fourth-order valence-corrected chi connectivity index (χ4v) is 1.94. The maximum absolute atomic E-state index is 5.75. The van der Waals surface area contributed by atoms with Crippen LogP contribution < -0.4 is 10.1 Å². The summed E-state index contributed by atoms with van der Waals surface area (Å²) in [6, 6.07) is 8.06. The lowest BCUT2D eigenvalue weighted by atomic mass is 10.2. The molecule has 1 aliphatic heterocycles. The van der Waals surface area contributed by atoms with Gasteiger partial charge in [0.2, 0.25) is 0 Å². The van der Waals surface area contributed by atoms with Crippen LogP contribution in [0.25, 0.3) is 0 Å². The van der Waals surface area contributed by atoms with E-state index in [1.165, 1.54) is 19.3 Å². The first-order chi connectivity index (χ1) is 8.90. The minimum absolute atomic E-state index is 0.0753. The first-order valence-electron chi connectivity index (χ1n) is 6.69. The molecule has 0 bridgehead atoms. The van der Waals surface area contributed by atoms with Crippen LogP contribution in [0.15, 0.2) is 36.7 Å². The molecule has 0 fully saturated rings. The van der Waals surface area contributed by atoms with Gasteiger partial charge in [-0.1, -0.05) is 38.3 Å². The Bertz CT molecular complexity index is 382. The second kappa shape index (κ2) is 6.94. The van der Waals surface area contributed by atoms with Crippen LogP contribution in [0.4, 0.5) is 0 Å². The second-order valence-electron chi connectivity index (χ2n) is 4.47. The normalized spacial score (nSPS) is 17.3. The van der Waals surface area contributed by atoms with Crippen LogP contribution in [0.5, 0.6) is 5.75 Å². The predicted molar refractivity (Wildman–Crippen MR) is 72.2 cm³/mol. The molecule has 18 heavy (non-hydrogen) atoms. The van der Waals surface area contributed by atoms with Crippen LogP contribution in [0.3, 0.4) is 0 Å². The Morgan fingerprint density at radius 1 is 1.28 bits per heavy atom. The van der Waals surface area contributed by atoms with Gasteiger partial charge in [-0.15, -0.1) is 0 Å². The van der Waals surface area contributed by atoms with Gasteiger partial charge in [0, 0.05) is 11.8 Å². The minimum atomic E-state index is -0.0753. The Morgan fingerprint density at radius 3 is 3.00 bits per heavy atom. The van der Waals surface area contributed by atoms with E-state index in [0.717, 1.165) is 24.3 Å². The Hall–Kier alpha value is -1.64. The fraction of sp³-hybridized carbons (Fsp3) is 0.467. The number of hydrogen-bond donors (Lipinski definition) is 1. The standard InChI is InChI=1S/C15H21NO2/c1-2-3-4-5-10-17-14-8-6-7-13(12-14)15-16-9-11-18-15/h6-9,11-12,15-16H,2-5,10H2,1H3. The zero-order chi connectivity index (χ0) is 12.6. The second-order valence-corrected chi connectivity index (χ2v) is 4.47. The van der Waals surface area contributed by atoms with E-state index in [4.69, 9.17) is 9.47 Å². The van der Waals surface area contributed by atoms with E-state index < -0.39 is 0 Å². The van der Waals surface area contributed by atoms with Gasteiger partial charge in [-0.05, 0) is 18.6 Å². The van der Waals surface area contributed by atoms with Crippen molar-refractivity contribution in [2.45, 2.75) is 38.8 Å². The van der Waals surface area contributed by atoms with Gasteiger partial charge < -0.3 is 14.8 Å². The van der Waals surface area contributed by atoms with E-state index in [-0.39, 0.29) is 6.23 Å².